The van der Waals surface area contributed by atoms with Gasteiger partial charge in [-0.05, 0) is 31.0 Å². The van der Waals surface area contributed by atoms with Crippen molar-refractivity contribution in [3.05, 3.63) is 29.6 Å². The van der Waals surface area contributed by atoms with Gasteiger partial charge in [0.1, 0.15) is 0 Å². The van der Waals surface area contributed by atoms with Crippen LogP contribution in [0.1, 0.15) is 31.1 Å². The van der Waals surface area contributed by atoms with Crippen molar-refractivity contribution in [1.82, 2.24) is 4.98 Å². The highest BCUT2D eigenvalue weighted by atomic mass is 14.7. The lowest BCUT2D eigenvalue weighted by Crippen LogP contribution is -2.07. The third-order valence-electron chi connectivity index (χ3n) is 1.72. The van der Waals surface area contributed by atoms with E-state index in [-0.39, 0.29) is 6.04 Å². The molecule has 0 unspecified atom stereocenters. The van der Waals surface area contributed by atoms with Crippen LogP contribution in [0.25, 0.3) is 0 Å². The van der Waals surface area contributed by atoms with Gasteiger partial charge in [-0.25, -0.2) is 0 Å². The Morgan fingerprint density at radius 1 is 1.64 bits per heavy atom. The fourth-order valence-corrected chi connectivity index (χ4v) is 0.963. The van der Waals surface area contributed by atoms with Crippen molar-refractivity contribution in [1.29, 1.82) is 0 Å². The number of rotatable bonds is 2. The highest BCUT2D eigenvalue weighted by Crippen LogP contribution is 2.08. The Balaban J connectivity index is 2.91. The molecule has 1 aromatic heterocycles. The van der Waals surface area contributed by atoms with Gasteiger partial charge in [0.2, 0.25) is 0 Å². The molecule has 0 aliphatic heterocycles. The molecule has 0 aliphatic carbocycles. The zero-order chi connectivity index (χ0) is 8.27. The van der Waals surface area contributed by atoms with Crippen LogP contribution in [0.4, 0.5) is 0 Å². The molecule has 2 nitrogen and oxygen atoms in total. The van der Waals surface area contributed by atoms with Crippen molar-refractivity contribution < 1.29 is 0 Å². The Labute approximate surface area is 67.5 Å². The van der Waals surface area contributed by atoms with Crippen LogP contribution in [0.5, 0.6) is 0 Å². The van der Waals surface area contributed by atoms with Crippen LogP contribution >= 0.6 is 0 Å². The van der Waals surface area contributed by atoms with Gasteiger partial charge in [0.25, 0.3) is 0 Å². The summed E-state index contributed by atoms with van der Waals surface area (Å²) < 4.78 is 0. The molecule has 1 aromatic rings. The Bertz CT molecular complexity index is 231. The normalized spacial score (nSPS) is 13.0. The maximum atomic E-state index is 5.67. The quantitative estimate of drug-likeness (QED) is 0.696. The standard InChI is InChI=1S/C9H14N2/c1-3-8-4-5-11-9(6-8)7(2)10/h4-7H,3,10H2,1-2H3/t7-/m0/s1. The monoisotopic (exact) mass is 150 g/mol. The van der Waals surface area contributed by atoms with Gasteiger partial charge in [-0.2, -0.15) is 0 Å². The largest absolute Gasteiger partial charge is 0.323 e. The van der Waals surface area contributed by atoms with E-state index in [1.54, 1.807) is 0 Å². The average molecular weight is 150 g/mol. The van der Waals surface area contributed by atoms with Crippen molar-refractivity contribution in [3.63, 3.8) is 0 Å². The van der Waals surface area contributed by atoms with Gasteiger partial charge >= 0.3 is 0 Å². The molecule has 11 heavy (non-hydrogen) atoms. The average Bonchev–Trinajstić information content (AvgIpc) is 2.05. The molecule has 0 amide bonds. The molecule has 0 saturated heterocycles. The predicted molar refractivity (Wildman–Crippen MR) is 46.2 cm³/mol. The van der Waals surface area contributed by atoms with Crippen molar-refractivity contribution in [2.45, 2.75) is 26.3 Å². The fraction of sp³-hybridized carbons (Fsp3) is 0.444. The highest BCUT2D eigenvalue weighted by molar-refractivity contribution is 5.17. The van der Waals surface area contributed by atoms with Crippen molar-refractivity contribution in [2.24, 2.45) is 5.73 Å². The van der Waals surface area contributed by atoms with Crippen molar-refractivity contribution in [3.8, 4) is 0 Å². The number of hydrogen-bond acceptors (Lipinski definition) is 2. The van der Waals surface area contributed by atoms with Crippen LogP contribution in [0, 0.1) is 0 Å². The summed E-state index contributed by atoms with van der Waals surface area (Å²) in [5.74, 6) is 0. The van der Waals surface area contributed by atoms with Crippen molar-refractivity contribution in [2.75, 3.05) is 0 Å². The van der Waals surface area contributed by atoms with Gasteiger partial charge < -0.3 is 5.73 Å². The minimum atomic E-state index is 0.0431. The molecule has 0 saturated carbocycles. The number of nitrogens with zero attached hydrogens (tertiary/aromatic N) is 1. The predicted octanol–water partition coefficient (Wildman–Crippen LogP) is 1.66. The van der Waals surface area contributed by atoms with E-state index in [4.69, 9.17) is 5.73 Å². The first-order chi connectivity index (χ1) is 5.24. The summed E-state index contributed by atoms with van der Waals surface area (Å²) in [6.07, 6.45) is 2.86. The molecule has 1 atom stereocenters. The first-order valence-corrected chi connectivity index (χ1v) is 3.94. The van der Waals surface area contributed by atoms with Crippen LogP contribution in [0.3, 0.4) is 0 Å². The molecule has 0 radical (unpaired) electrons. The van der Waals surface area contributed by atoms with Gasteiger partial charge in [0, 0.05) is 12.2 Å². The molecule has 0 fully saturated rings. The second-order valence-electron chi connectivity index (χ2n) is 2.73. The lowest BCUT2D eigenvalue weighted by Gasteiger charge is -2.04. The van der Waals surface area contributed by atoms with Gasteiger partial charge in [-0.15, -0.1) is 0 Å². The first-order valence-electron chi connectivity index (χ1n) is 3.94. The lowest BCUT2D eigenvalue weighted by atomic mass is 10.1. The molecule has 1 heterocycles. The van der Waals surface area contributed by atoms with Crippen LogP contribution in [0.2, 0.25) is 0 Å². The Hall–Kier alpha value is -0.890. The lowest BCUT2D eigenvalue weighted by molar-refractivity contribution is 0.777. The summed E-state index contributed by atoms with van der Waals surface area (Å²) in [6, 6.07) is 4.12. The van der Waals surface area contributed by atoms with Gasteiger partial charge in [-0.3, -0.25) is 4.98 Å². The summed E-state index contributed by atoms with van der Waals surface area (Å²) in [5, 5.41) is 0. The SMILES string of the molecule is CCc1ccnc([C@H](C)N)c1. The molecule has 0 spiro atoms. The maximum Gasteiger partial charge on any atom is 0.0570 e. The van der Waals surface area contributed by atoms with Crippen LogP contribution in [-0.4, -0.2) is 4.98 Å². The van der Waals surface area contributed by atoms with E-state index in [9.17, 15) is 0 Å². The number of aromatic nitrogens is 1. The Morgan fingerprint density at radius 2 is 2.36 bits per heavy atom. The smallest absolute Gasteiger partial charge is 0.0570 e. The Morgan fingerprint density at radius 3 is 2.91 bits per heavy atom. The second-order valence-corrected chi connectivity index (χ2v) is 2.73. The summed E-state index contributed by atoms with van der Waals surface area (Å²) in [6.45, 7) is 4.07. The number of pyridine rings is 1. The third-order valence-corrected chi connectivity index (χ3v) is 1.72. The van der Waals surface area contributed by atoms with Crippen LogP contribution in [0.15, 0.2) is 18.3 Å². The second kappa shape index (κ2) is 3.49. The minimum absolute atomic E-state index is 0.0431. The minimum Gasteiger partial charge on any atom is -0.323 e. The van der Waals surface area contributed by atoms with Gasteiger partial charge in [0.05, 0.1) is 5.69 Å². The molecule has 0 aliphatic rings. The zero-order valence-electron chi connectivity index (χ0n) is 7.04. The Kier molecular flexibility index (Phi) is 2.60. The summed E-state index contributed by atoms with van der Waals surface area (Å²) in [7, 11) is 0. The first kappa shape index (κ1) is 8.21. The van der Waals surface area contributed by atoms with E-state index in [0.29, 0.717) is 0 Å². The van der Waals surface area contributed by atoms with Gasteiger partial charge in [-0.1, -0.05) is 6.92 Å². The van der Waals surface area contributed by atoms with E-state index in [1.807, 2.05) is 19.2 Å². The van der Waals surface area contributed by atoms with E-state index in [2.05, 4.69) is 18.0 Å². The molecule has 0 aromatic carbocycles. The summed E-state index contributed by atoms with van der Waals surface area (Å²) in [4.78, 5) is 4.16. The maximum absolute atomic E-state index is 5.67. The van der Waals surface area contributed by atoms with E-state index in [0.717, 1.165) is 12.1 Å². The number of aryl methyl sites for hydroxylation is 1. The molecule has 2 N–H and O–H groups in total. The molecule has 60 valence electrons. The van der Waals surface area contributed by atoms with E-state index < -0.39 is 0 Å². The molecule has 0 bridgehead atoms. The summed E-state index contributed by atoms with van der Waals surface area (Å²) in [5.41, 5.74) is 7.95. The molecular weight excluding hydrogens is 136 g/mol. The number of nitrogens with two attached hydrogens (primary N) is 1. The molecule has 2 heteroatoms. The highest BCUT2D eigenvalue weighted by Gasteiger charge is 1.99. The zero-order valence-corrected chi connectivity index (χ0v) is 7.04. The molecule has 1 rings (SSSR count). The van der Waals surface area contributed by atoms with Gasteiger partial charge in [0.15, 0.2) is 0 Å². The fourth-order valence-electron chi connectivity index (χ4n) is 0.963. The third kappa shape index (κ3) is 2.02. The van der Waals surface area contributed by atoms with Crippen molar-refractivity contribution >= 4 is 0 Å². The summed E-state index contributed by atoms with van der Waals surface area (Å²) >= 11 is 0. The van der Waals surface area contributed by atoms with Crippen LogP contribution in [-0.2, 0) is 6.42 Å². The van der Waals surface area contributed by atoms with E-state index in [1.165, 1.54) is 5.56 Å². The van der Waals surface area contributed by atoms with E-state index >= 15 is 0 Å². The van der Waals surface area contributed by atoms with Crippen LogP contribution < -0.4 is 5.73 Å². The number of hydrogen-bond donors (Lipinski definition) is 1. The topological polar surface area (TPSA) is 38.9 Å². The molecular formula is C9H14N2.